The first kappa shape index (κ1) is 46.0. The number of phenols is 1. The highest BCUT2D eigenvalue weighted by Gasteiger charge is 2.46. The number of benzene rings is 3. The van der Waals surface area contributed by atoms with E-state index < -0.39 is 70.6 Å². The van der Waals surface area contributed by atoms with E-state index in [-0.39, 0.29) is 127 Å². The fourth-order valence-corrected chi connectivity index (χ4v) is 8.44. The van der Waals surface area contributed by atoms with Gasteiger partial charge in [0.05, 0.1) is 40.6 Å². The number of carbonyl (C=O) groups is 7. The summed E-state index contributed by atoms with van der Waals surface area (Å²) in [5.41, 5.74) is -1.21. The van der Waals surface area contributed by atoms with E-state index in [0.29, 0.717) is 6.42 Å². The molecule has 1 saturated heterocycles. The first-order valence-electron chi connectivity index (χ1n) is 20.8. The second kappa shape index (κ2) is 19.4. The SMILES string of the molecule is C=CC(=O)N1C[C@H](C)N(c2nc(OCCC(=O)NCCCNC(=O)COc3cccc4c3C(=O)N(C3CCC(=O)CC3=O)C4=O)nc3c(F)c(-c4c(O)cccc4F)c(Cl)cc23)C[C@H]1C. The Bertz CT molecular complexity index is 2630. The van der Waals surface area contributed by atoms with Crippen LogP contribution in [-0.2, 0) is 24.0 Å². The number of nitrogens with zero attached hydrogens (tertiary/aromatic N) is 5. The van der Waals surface area contributed by atoms with Crippen LogP contribution in [0, 0.1) is 11.6 Å². The lowest BCUT2D eigenvalue weighted by atomic mass is 9.92. The number of ether oxygens (including phenoxy) is 2. The van der Waals surface area contributed by atoms with Crippen molar-refractivity contribution in [2.75, 3.05) is 44.3 Å². The molecule has 3 N–H and O–H groups in total. The van der Waals surface area contributed by atoms with E-state index in [9.17, 15) is 38.7 Å². The number of nitrogens with one attached hydrogen (secondary N) is 2. The van der Waals surface area contributed by atoms with Gasteiger partial charge in [-0.15, -0.1) is 0 Å². The van der Waals surface area contributed by atoms with Crippen LogP contribution in [0.2, 0.25) is 5.02 Å². The third kappa shape index (κ3) is 9.45. The quantitative estimate of drug-likeness (QED) is 0.0657. The molecule has 3 aromatic carbocycles. The molecule has 340 valence electrons. The zero-order chi connectivity index (χ0) is 46.7. The summed E-state index contributed by atoms with van der Waals surface area (Å²) in [7, 11) is 0. The number of ketones is 2. The third-order valence-corrected chi connectivity index (χ3v) is 11.7. The Morgan fingerprint density at radius 3 is 2.40 bits per heavy atom. The lowest BCUT2D eigenvalue weighted by Gasteiger charge is -2.44. The number of fused-ring (bicyclic) bond motifs is 2. The predicted octanol–water partition coefficient (Wildman–Crippen LogP) is 4.30. The molecule has 0 spiro atoms. The van der Waals surface area contributed by atoms with Gasteiger partial charge >= 0.3 is 6.01 Å². The topological polar surface area (TPSA) is 218 Å². The van der Waals surface area contributed by atoms with Crippen molar-refractivity contribution in [3.63, 3.8) is 0 Å². The van der Waals surface area contributed by atoms with Crippen molar-refractivity contribution in [2.24, 2.45) is 0 Å². The maximum atomic E-state index is 16.5. The van der Waals surface area contributed by atoms with Gasteiger partial charge in [-0.1, -0.05) is 30.3 Å². The van der Waals surface area contributed by atoms with Crippen molar-refractivity contribution in [2.45, 2.75) is 64.1 Å². The summed E-state index contributed by atoms with van der Waals surface area (Å²) in [5, 5.41) is 15.8. The molecular formula is C45H44ClF2N7O10. The van der Waals surface area contributed by atoms with Crippen LogP contribution in [0.15, 0.2) is 55.1 Å². The molecule has 3 aliphatic rings. The molecular weight excluding hydrogens is 872 g/mol. The Labute approximate surface area is 375 Å². The van der Waals surface area contributed by atoms with Gasteiger partial charge in [-0.25, -0.2) is 8.78 Å². The van der Waals surface area contributed by atoms with Gasteiger partial charge in [0.1, 0.15) is 41.0 Å². The van der Waals surface area contributed by atoms with E-state index >= 15 is 8.78 Å². The molecule has 20 heteroatoms. The van der Waals surface area contributed by atoms with Gasteiger partial charge in [-0.05, 0) is 63.1 Å². The predicted molar refractivity (Wildman–Crippen MR) is 231 cm³/mol. The first-order chi connectivity index (χ1) is 31.1. The highest BCUT2D eigenvalue weighted by atomic mass is 35.5. The normalized spacial score (nSPS) is 18.5. The molecule has 2 aliphatic heterocycles. The number of halogens is 3. The lowest BCUT2D eigenvalue weighted by Crippen LogP contribution is -2.58. The van der Waals surface area contributed by atoms with Gasteiger partial charge in [0.25, 0.3) is 17.7 Å². The summed E-state index contributed by atoms with van der Waals surface area (Å²) < 4.78 is 43.0. The van der Waals surface area contributed by atoms with E-state index in [0.717, 1.165) is 11.0 Å². The fraction of sp³-hybridized carbons (Fsp3) is 0.356. The third-order valence-electron chi connectivity index (χ3n) is 11.4. The minimum Gasteiger partial charge on any atom is -0.507 e. The summed E-state index contributed by atoms with van der Waals surface area (Å²) in [6.45, 7) is 7.39. The lowest BCUT2D eigenvalue weighted by molar-refractivity contribution is -0.133. The molecule has 65 heavy (non-hydrogen) atoms. The van der Waals surface area contributed by atoms with E-state index in [1.165, 1.54) is 42.5 Å². The van der Waals surface area contributed by atoms with Crippen LogP contribution in [0.25, 0.3) is 22.0 Å². The highest BCUT2D eigenvalue weighted by molar-refractivity contribution is 6.34. The van der Waals surface area contributed by atoms with Crippen molar-refractivity contribution in [3.8, 4) is 28.6 Å². The molecule has 17 nitrogen and oxygen atoms in total. The number of imide groups is 1. The van der Waals surface area contributed by atoms with Gasteiger partial charge in [0, 0.05) is 55.6 Å². The second-order valence-corrected chi connectivity index (χ2v) is 16.2. The number of Topliss-reactive ketones (excluding diaryl/α,β-unsaturated/α-hetero) is 2. The first-order valence-corrected chi connectivity index (χ1v) is 21.2. The molecule has 3 atom stereocenters. The van der Waals surface area contributed by atoms with Gasteiger partial charge in [0.2, 0.25) is 11.8 Å². The van der Waals surface area contributed by atoms with E-state index in [1.807, 2.05) is 18.7 Å². The van der Waals surface area contributed by atoms with Crippen molar-refractivity contribution in [1.29, 1.82) is 0 Å². The van der Waals surface area contributed by atoms with Crippen molar-refractivity contribution in [1.82, 2.24) is 30.4 Å². The van der Waals surface area contributed by atoms with Gasteiger partial charge in [0.15, 0.2) is 18.2 Å². The maximum Gasteiger partial charge on any atom is 0.319 e. The van der Waals surface area contributed by atoms with Crippen LogP contribution >= 0.6 is 11.6 Å². The number of hydrogen-bond acceptors (Lipinski definition) is 13. The number of aromatic hydroxyl groups is 1. The van der Waals surface area contributed by atoms with Gasteiger partial charge < -0.3 is 35.0 Å². The van der Waals surface area contributed by atoms with E-state index in [2.05, 4.69) is 27.2 Å². The molecule has 1 aromatic heterocycles. The van der Waals surface area contributed by atoms with E-state index in [1.54, 1.807) is 4.90 Å². The zero-order valence-corrected chi connectivity index (χ0v) is 36.1. The summed E-state index contributed by atoms with van der Waals surface area (Å²) in [6, 6.07) is 7.22. The van der Waals surface area contributed by atoms with Crippen LogP contribution in [0.5, 0.6) is 17.5 Å². The number of aromatic nitrogens is 2. The minimum absolute atomic E-state index is 0.0105. The molecule has 7 rings (SSSR count). The Morgan fingerprint density at radius 1 is 0.938 bits per heavy atom. The number of rotatable bonds is 15. The molecule has 5 amide bonds. The molecule has 2 fully saturated rings. The van der Waals surface area contributed by atoms with Crippen molar-refractivity contribution < 1.29 is 56.9 Å². The number of hydrogen-bond donors (Lipinski definition) is 3. The molecule has 1 unspecified atom stereocenters. The van der Waals surface area contributed by atoms with Crippen LogP contribution in [0.3, 0.4) is 0 Å². The minimum atomic E-state index is -1.05. The maximum absolute atomic E-state index is 16.5. The Hall–Kier alpha value is -7.02. The Balaban J connectivity index is 0.940. The average Bonchev–Trinajstić information content (AvgIpc) is 3.52. The number of phenolic OH excluding ortho intramolecular Hbond substituents is 1. The van der Waals surface area contributed by atoms with Crippen LogP contribution in [0.1, 0.15) is 66.7 Å². The second-order valence-electron chi connectivity index (χ2n) is 15.8. The largest absolute Gasteiger partial charge is 0.507 e. The molecule has 3 heterocycles. The zero-order valence-electron chi connectivity index (χ0n) is 35.3. The molecule has 1 saturated carbocycles. The average molecular weight is 916 g/mol. The smallest absolute Gasteiger partial charge is 0.319 e. The van der Waals surface area contributed by atoms with Gasteiger partial charge in [-0.2, -0.15) is 9.97 Å². The molecule has 4 aromatic rings. The Kier molecular flexibility index (Phi) is 13.7. The van der Waals surface area contributed by atoms with Crippen molar-refractivity contribution in [3.05, 3.63) is 82.9 Å². The Morgan fingerprint density at radius 2 is 1.68 bits per heavy atom. The highest BCUT2D eigenvalue weighted by Crippen LogP contribution is 2.43. The fourth-order valence-electron chi connectivity index (χ4n) is 8.15. The molecule has 0 bridgehead atoms. The molecule has 0 radical (unpaired) electrons. The van der Waals surface area contributed by atoms with Crippen LogP contribution < -0.4 is 25.0 Å². The number of carbonyl (C=O) groups excluding carboxylic acids is 7. The summed E-state index contributed by atoms with van der Waals surface area (Å²) in [5.74, 6) is -5.69. The number of amides is 5. The number of piperazine rings is 1. The van der Waals surface area contributed by atoms with Crippen molar-refractivity contribution >= 4 is 69.4 Å². The van der Waals surface area contributed by atoms with Crippen LogP contribution in [0.4, 0.5) is 14.6 Å². The summed E-state index contributed by atoms with van der Waals surface area (Å²) >= 11 is 6.58. The van der Waals surface area contributed by atoms with Crippen LogP contribution in [-0.4, -0.2) is 123 Å². The van der Waals surface area contributed by atoms with E-state index in [4.69, 9.17) is 21.1 Å². The monoisotopic (exact) mass is 915 g/mol. The van der Waals surface area contributed by atoms with Gasteiger partial charge in [-0.3, -0.25) is 38.5 Å². The summed E-state index contributed by atoms with van der Waals surface area (Å²) in [4.78, 5) is 102. The standard InChI is InChI=1S/C45H44ClF2N7O10/c1-4-36(61)53-20-24(3)54(21-23(53)2)42-27-19-28(46)38(39-29(47)9-6-10-31(39)57)40(48)41(27)51-45(52-42)64-17-14-34(59)49-15-7-16-50-35(60)22-65-33-11-5-8-26-37(33)44(63)55(43(26)62)30-13-12-25(56)18-32(30)58/h4-6,8-11,19,23-24,30,57H,1,7,12-18,20-22H2,2-3H3,(H,49,59)(H,50,60)/t23-,24+,30?/m1/s1. The summed E-state index contributed by atoms with van der Waals surface area (Å²) in [6.07, 6.45) is 1.15. The molecule has 1 aliphatic carbocycles. The number of anilines is 1.